The van der Waals surface area contributed by atoms with Crippen molar-refractivity contribution < 1.29 is 52.4 Å². The predicted octanol–water partition coefficient (Wildman–Crippen LogP) is 0.594. The number of ether oxygens (including phenoxy) is 6. The number of carbonyl (C=O) groups is 5. The van der Waals surface area contributed by atoms with Gasteiger partial charge in [-0.05, 0) is 20.8 Å². The molecule has 31 heavy (non-hydrogen) atoms. The fourth-order valence-corrected chi connectivity index (χ4v) is 2.77. The zero-order chi connectivity index (χ0) is 23.9. The molecule has 12 heteroatoms. The largest absolute Gasteiger partial charge is 0.463 e. The highest BCUT2D eigenvalue weighted by atomic mass is 16.7. The average molecular weight is 447 g/mol. The highest BCUT2D eigenvalue weighted by Crippen LogP contribution is 2.28. The minimum atomic E-state index is -1.40. The average Bonchev–Trinajstić information content (AvgIpc) is 2.55. The van der Waals surface area contributed by atoms with Crippen molar-refractivity contribution in [1.82, 2.24) is 5.32 Å². The second kappa shape index (κ2) is 10.9. The smallest absolute Gasteiger partial charge is 0.409 e. The van der Waals surface area contributed by atoms with E-state index in [1.54, 1.807) is 20.8 Å². The van der Waals surface area contributed by atoms with Crippen LogP contribution in [0, 0.1) is 0 Å². The summed E-state index contributed by atoms with van der Waals surface area (Å²) in [5.41, 5.74) is -0.845. The molecule has 0 aromatic heterocycles. The maximum Gasteiger partial charge on any atom is 0.409 e. The number of nitrogens with one attached hydrogen (secondary N) is 1. The summed E-state index contributed by atoms with van der Waals surface area (Å²) in [4.78, 5) is 58.6. The molecular weight excluding hydrogens is 418 g/mol. The zero-order valence-corrected chi connectivity index (χ0v) is 18.6. The van der Waals surface area contributed by atoms with Gasteiger partial charge in [-0.1, -0.05) is 0 Å². The van der Waals surface area contributed by atoms with Gasteiger partial charge in [0.15, 0.2) is 24.5 Å². The molecule has 1 amide bonds. The standard InChI is InChI=1S/C19H29NO11/c1-9(21)26-8-13-14(27-10(2)22)15(28-11(3)23)16(29-12(4)24)17(30-13)20-18(25)31-19(5,6)7/h13-17H,8H2,1-7H3,(H,20,25)/t13-,14-,15+,16-,17?/m1/s1. The Hall–Kier alpha value is -2.89. The molecule has 0 aromatic carbocycles. The number of alkyl carbamates (subject to hydrolysis) is 1. The van der Waals surface area contributed by atoms with Gasteiger partial charge in [0.2, 0.25) is 0 Å². The Morgan fingerprint density at radius 2 is 1.26 bits per heavy atom. The lowest BCUT2D eigenvalue weighted by molar-refractivity contribution is -0.256. The summed E-state index contributed by atoms with van der Waals surface area (Å²) in [6.07, 6.45) is -7.53. The monoisotopic (exact) mass is 447 g/mol. The van der Waals surface area contributed by atoms with Crippen molar-refractivity contribution in [2.45, 2.75) is 84.7 Å². The lowest BCUT2D eigenvalue weighted by Crippen LogP contribution is -2.66. The molecule has 0 bridgehead atoms. The molecule has 1 fully saturated rings. The third kappa shape index (κ3) is 9.20. The zero-order valence-electron chi connectivity index (χ0n) is 18.6. The number of rotatable bonds is 6. The molecule has 176 valence electrons. The lowest BCUT2D eigenvalue weighted by atomic mass is 9.97. The number of esters is 4. The molecule has 0 saturated carbocycles. The van der Waals surface area contributed by atoms with Crippen LogP contribution in [0.1, 0.15) is 48.5 Å². The van der Waals surface area contributed by atoms with Gasteiger partial charge in [-0.15, -0.1) is 0 Å². The van der Waals surface area contributed by atoms with Crippen molar-refractivity contribution in [3.05, 3.63) is 0 Å². The van der Waals surface area contributed by atoms with Crippen molar-refractivity contribution in [1.29, 1.82) is 0 Å². The molecule has 0 aromatic rings. The van der Waals surface area contributed by atoms with Gasteiger partial charge >= 0.3 is 30.0 Å². The molecule has 0 spiro atoms. The van der Waals surface area contributed by atoms with Crippen molar-refractivity contribution >= 4 is 30.0 Å². The summed E-state index contributed by atoms with van der Waals surface area (Å²) in [6.45, 7) is 8.98. The van der Waals surface area contributed by atoms with Gasteiger partial charge in [-0.3, -0.25) is 24.5 Å². The molecule has 12 nitrogen and oxygen atoms in total. The maximum absolute atomic E-state index is 12.3. The van der Waals surface area contributed by atoms with E-state index in [0.717, 1.165) is 27.7 Å². The highest BCUT2D eigenvalue weighted by Gasteiger charge is 2.52. The molecule has 1 aliphatic rings. The van der Waals surface area contributed by atoms with Crippen LogP contribution < -0.4 is 5.32 Å². The van der Waals surface area contributed by atoms with Gasteiger partial charge in [0.25, 0.3) is 0 Å². The normalized spacial score (nSPS) is 25.6. The molecule has 0 radical (unpaired) electrons. The third-order valence-electron chi connectivity index (χ3n) is 3.65. The van der Waals surface area contributed by atoms with E-state index in [2.05, 4.69) is 5.32 Å². The summed E-state index contributed by atoms with van der Waals surface area (Å²) in [6, 6.07) is 0. The maximum atomic E-state index is 12.3. The van der Waals surface area contributed by atoms with E-state index >= 15 is 0 Å². The quantitative estimate of drug-likeness (QED) is 0.450. The Kier molecular flexibility index (Phi) is 9.22. The SMILES string of the molecule is CC(=O)OC[C@H]1OC(NC(=O)OC(C)(C)C)[C@H](OC(C)=O)[C@@H](OC(C)=O)[C@@H]1OC(C)=O. The Morgan fingerprint density at radius 1 is 0.774 bits per heavy atom. The molecule has 1 saturated heterocycles. The molecule has 1 heterocycles. The van der Waals surface area contributed by atoms with E-state index in [1.807, 2.05) is 0 Å². The van der Waals surface area contributed by atoms with E-state index in [4.69, 9.17) is 28.4 Å². The minimum absolute atomic E-state index is 0.398. The Balaban J connectivity index is 3.32. The van der Waals surface area contributed by atoms with Gasteiger partial charge in [-0.25, -0.2) is 4.79 Å². The van der Waals surface area contributed by atoms with E-state index in [1.165, 1.54) is 0 Å². The van der Waals surface area contributed by atoms with Crippen molar-refractivity contribution in [3.8, 4) is 0 Å². The van der Waals surface area contributed by atoms with E-state index in [9.17, 15) is 24.0 Å². The number of hydrogen-bond acceptors (Lipinski definition) is 11. The van der Waals surface area contributed by atoms with Gasteiger partial charge in [0, 0.05) is 27.7 Å². The summed E-state index contributed by atoms with van der Waals surface area (Å²) in [7, 11) is 0. The van der Waals surface area contributed by atoms with E-state index in [-0.39, 0.29) is 0 Å². The van der Waals surface area contributed by atoms with Gasteiger partial charge < -0.3 is 28.4 Å². The van der Waals surface area contributed by atoms with Crippen LogP contribution in [0.25, 0.3) is 0 Å². The number of amides is 1. The van der Waals surface area contributed by atoms with Crippen LogP contribution in [0.3, 0.4) is 0 Å². The summed E-state index contributed by atoms with van der Waals surface area (Å²) < 4.78 is 31.6. The first-order valence-electron chi connectivity index (χ1n) is 9.49. The van der Waals surface area contributed by atoms with Gasteiger partial charge in [0.1, 0.15) is 18.3 Å². The summed E-state index contributed by atoms with van der Waals surface area (Å²) >= 11 is 0. The molecular formula is C19H29NO11. The first kappa shape index (κ1) is 26.1. The minimum Gasteiger partial charge on any atom is -0.463 e. The molecule has 1 unspecified atom stereocenters. The van der Waals surface area contributed by atoms with Crippen LogP contribution >= 0.6 is 0 Å². The fraction of sp³-hybridized carbons (Fsp3) is 0.737. The fourth-order valence-electron chi connectivity index (χ4n) is 2.77. The van der Waals surface area contributed by atoms with Crippen LogP contribution in [0.5, 0.6) is 0 Å². The van der Waals surface area contributed by atoms with Crippen LogP contribution in [0.15, 0.2) is 0 Å². The van der Waals surface area contributed by atoms with E-state index < -0.39 is 72.8 Å². The van der Waals surface area contributed by atoms with Gasteiger partial charge in [-0.2, -0.15) is 0 Å². The first-order chi connectivity index (χ1) is 14.2. The highest BCUT2D eigenvalue weighted by molar-refractivity contribution is 5.70. The van der Waals surface area contributed by atoms with Crippen molar-refractivity contribution in [2.75, 3.05) is 6.61 Å². The third-order valence-corrected chi connectivity index (χ3v) is 3.65. The predicted molar refractivity (Wildman–Crippen MR) is 101 cm³/mol. The molecule has 0 aliphatic carbocycles. The van der Waals surface area contributed by atoms with Crippen molar-refractivity contribution in [2.24, 2.45) is 0 Å². The van der Waals surface area contributed by atoms with Crippen LogP contribution in [0.2, 0.25) is 0 Å². The Morgan fingerprint density at radius 3 is 1.71 bits per heavy atom. The number of carbonyl (C=O) groups excluding carboxylic acids is 5. The topological polar surface area (TPSA) is 153 Å². The lowest BCUT2D eigenvalue weighted by Gasteiger charge is -2.44. The molecule has 1 N–H and O–H groups in total. The molecule has 1 rings (SSSR count). The Labute approximate surface area is 179 Å². The van der Waals surface area contributed by atoms with Crippen LogP contribution in [-0.2, 0) is 47.6 Å². The Bertz CT molecular complexity index is 699. The van der Waals surface area contributed by atoms with Crippen LogP contribution in [-0.4, -0.2) is 72.8 Å². The van der Waals surface area contributed by atoms with E-state index in [0.29, 0.717) is 0 Å². The number of hydrogen-bond donors (Lipinski definition) is 1. The summed E-state index contributed by atoms with van der Waals surface area (Å²) in [5, 5.41) is 2.39. The second-order valence-electron chi connectivity index (χ2n) is 7.77. The molecule has 1 aliphatic heterocycles. The van der Waals surface area contributed by atoms with Crippen molar-refractivity contribution in [3.63, 3.8) is 0 Å². The van der Waals surface area contributed by atoms with Gasteiger partial charge in [0.05, 0.1) is 0 Å². The second-order valence-corrected chi connectivity index (χ2v) is 7.77. The molecule has 5 atom stereocenters. The first-order valence-corrected chi connectivity index (χ1v) is 9.49. The summed E-state index contributed by atoms with van der Waals surface area (Å²) in [5.74, 6) is -2.95. The van der Waals surface area contributed by atoms with Crippen LogP contribution in [0.4, 0.5) is 4.79 Å².